The van der Waals surface area contributed by atoms with Crippen molar-refractivity contribution in [3.8, 4) is 0 Å². The zero-order valence-electron chi connectivity index (χ0n) is 15.3. The molecule has 0 bridgehead atoms. The number of rotatable bonds is 9. The molecule has 1 aromatic rings. The lowest BCUT2D eigenvalue weighted by Crippen LogP contribution is -2.52. The number of carbonyl (C=O) groups excluding carboxylic acids is 2. The molecule has 1 fully saturated rings. The van der Waals surface area contributed by atoms with E-state index in [1.54, 1.807) is 0 Å². The highest BCUT2D eigenvalue weighted by Gasteiger charge is 2.26. The van der Waals surface area contributed by atoms with E-state index in [-0.39, 0.29) is 24.5 Å². The maximum absolute atomic E-state index is 12.8. The minimum atomic E-state index is -0.632. The number of amides is 2. The van der Waals surface area contributed by atoms with Crippen LogP contribution in [0.1, 0.15) is 44.1 Å². The smallest absolute Gasteiger partial charge is 0.243 e. The van der Waals surface area contributed by atoms with Gasteiger partial charge in [0.2, 0.25) is 11.8 Å². The predicted octanol–water partition coefficient (Wildman–Crippen LogP) is 2.35. The van der Waals surface area contributed by atoms with Gasteiger partial charge in [-0.2, -0.15) is 0 Å². The number of carbonyl (C=O) groups is 2. The highest BCUT2D eigenvalue weighted by molar-refractivity contribution is 5.89. The molecule has 0 aromatic heterocycles. The van der Waals surface area contributed by atoms with Crippen LogP contribution < -0.4 is 10.6 Å². The summed E-state index contributed by atoms with van der Waals surface area (Å²) in [4.78, 5) is 25.3. The Hall–Kier alpha value is -2.14. The summed E-state index contributed by atoms with van der Waals surface area (Å²) < 4.78 is 0. The van der Waals surface area contributed by atoms with Gasteiger partial charge in [-0.15, -0.1) is 6.58 Å². The second kappa shape index (κ2) is 10.8. The van der Waals surface area contributed by atoms with Gasteiger partial charge < -0.3 is 15.7 Å². The van der Waals surface area contributed by atoms with Crippen molar-refractivity contribution in [2.75, 3.05) is 6.61 Å². The van der Waals surface area contributed by atoms with E-state index in [1.165, 1.54) is 12.5 Å². The van der Waals surface area contributed by atoms with Crippen molar-refractivity contribution >= 4 is 11.8 Å². The molecule has 2 atom stereocenters. The Morgan fingerprint density at radius 2 is 1.85 bits per heavy atom. The van der Waals surface area contributed by atoms with Crippen LogP contribution in [-0.4, -0.2) is 35.6 Å². The van der Waals surface area contributed by atoms with Crippen LogP contribution in [0.5, 0.6) is 0 Å². The molecular formula is C21H30N2O3. The van der Waals surface area contributed by atoms with E-state index in [4.69, 9.17) is 5.11 Å². The number of hydrogen-bond acceptors (Lipinski definition) is 3. The van der Waals surface area contributed by atoms with Crippen LogP contribution in [0.3, 0.4) is 0 Å². The second-order valence-electron chi connectivity index (χ2n) is 6.95. The number of aliphatic hydroxyl groups is 1. The van der Waals surface area contributed by atoms with Gasteiger partial charge in [0.1, 0.15) is 6.04 Å². The third kappa shape index (κ3) is 6.30. The fourth-order valence-corrected chi connectivity index (χ4v) is 3.38. The Morgan fingerprint density at radius 1 is 1.15 bits per heavy atom. The van der Waals surface area contributed by atoms with Gasteiger partial charge >= 0.3 is 0 Å². The molecule has 3 N–H and O–H groups in total. The van der Waals surface area contributed by atoms with Crippen molar-refractivity contribution in [3.63, 3.8) is 0 Å². The third-order valence-corrected chi connectivity index (χ3v) is 4.93. The molecule has 0 heterocycles. The first-order chi connectivity index (χ1) is 12.6. The predicted molar refractivity (Wildman–Crippen MR) is 102 cm³/mol. The van der Waals surface area contributed by atoms with Crippen LogP contribution in [0.4, 0.5) is 0 Å². The number of aliphatic hydroxyl groups excluding tert-OH is 1. The first-order valence-electron chi connectivity index (χ1n) is 9.52. The normalized spacial score (nSPS) is 17.1. The summed E-state index contributed by atoms with van der Waals surface area (Å²) in [6.45, 7) is 3.56. The number of benzene rings is 1. The van der Waals surface area contributed by atoms with E-state index < -0.39 is 12.0 Å². The molecule has 0 radical (unpaired) electrons. The van der Waals surface area contributed by atoms with Gasteiger partial charge in [0.15, 0.2) is 0 Å². The molecule has 1 saturated carbocycles. The topological polar surface area (TPSA) is 78.4 Å². The molecule has 1 aliphatic rings. The van der Waals surface area contributed by atoms with E-state index in [2.05, 4.69) is 17.2 Å². The van der Waals surface area contributed by atoms with Crippen LogP contribution in [0.2, 0.25) is 0 Å². The summed E-state index contributed by atoms with van der Waals surface area (Å²) in [6, 6.07) is 9.23. The van der Waals surface area contributed by atoms with Crippen LogP contribution in [0, 0.1) is 5.92 Å². The van der Waals surface area contributed by atoms with E-state index in [0.717, 1.165) is 31.2 Å². The fourth-order valence-electron chi connectivity index (χ4n) is 3.38. The monoisotopic (exact) mass is 358 g/mol. The zero-order valence-corrected chi connectivity index (χ0v) is 15.3. The Labute approximate surface area is 155 Å². The molecule has 0 saturated heterocycles. The lowest BCUT2D eigenvalue weighted by Gasteiger charge is -2.27. The van der Waals surface area contributed by atoms with Crippen LogP contribution in [-0.2, 0) is 16.0 Å². The fraction of sp³-hybridized carbons (Fsp3) is 0.524. The Kier molecular flexibility index (Phi) is 8.35. The van der Waals surface area contributed by atoms with Crippen LogP contribution >= 0.6 is 0 Å². The van der Waals surface area contributed by atoms with Crippen LogP contribution in [0.25, 0.3) is 0 Å². The lowest BCUT2D eigenvalue weighted by atomic mass is 9.95. The summed E-state index contributed by atoms with van der Waals surface area (Å²) >= 11 is 0. The molecule has 1 aromatic carbocycles. The van der Waals surface area contributed by atoms with Gasteiger partial charge in [0, 0.05) is 19.1 Å². The van der Waals surface area contributed by atoms with E-state index in [9.17, 15) is 9.59 Å². The Balaban J connectivity index is 2.05. The van der Waals surface area contributed by atoms with E-state index in [1.807, 2.05) is 30.3 Å². The molecule has 142 valence electrons. The molecule has 26 heavy (non-hydrogen) atoms. The lowest BCUT2D eigenvalue weighted by molar-refractivity contribution is -0.131. The van der Waals surface area contributed by atoms with Crippen molar-refractivity contribution in [3.05, 3.63) is 48.6 Å². The second-order valence-corrected chi connectivity index (χ2v) is 6.95. The standard InChI is InChI=1S/C21H30N2O3/c1-2-17(13-14-24)20(25)23-19(15-16-9-5-3-6-10-16)21(26)22-18-11-7-4-8-12-18/h2-3,5-6,9-10,17-19,24H,1,4,7-8,11-15H2,(H,22,26)(H,23,25)/t17-,19+/m1/s1. The minimum absolute atomic E-state index is 0.0955. The SMILES string of the molecule is C=C[C@H](CCO)C(=O)N[C@@H](Cc1ccccc1)C(=O)NC1CCCCC1. The van der Waals surface area contributed by atoms with Gasteiger partial charge in [-0.05, 0) is 24.8 Å². The van der Waals surface area contributed by atoms with Crippen molar-refractivity contribution in [2.24, 2.45) is 5.92 Å². The highest BCUT2D eigenvalue weighted by atomic mass is 16.3. The highest BCUT2D eigenvalue weighted by Crippen LogP contribution is 2.18. The van der Waals surface area contributed by atoms with Crippen molar-refractivity contribution < 1.29 is 14.7 Å². The van der Waals surface area contributed by atoms with Gasteiger partial charge in [-0.3, -0.25) is 9.59 Å². The van der Waals surface area contributed by atoms with E-state index >= 15 is 0 Å². The summed E-state index contributed by atoms with van der Waals surface area (Å²) in [5, 5.41) is 15.1. The quantitative estimate of drug-likeness (QED) is 0.593. The maximum atomic E-state index is 12.8. The summed E-state index contributed by atoms with van der Waals surface area (Å²) in [7, 11) is 0. The summed E-state index contributed by atoms with van der Waals surface area (Å²) in [5.74, 6) is -0.907. The average molecular weight is 358 g/mol. The van der Waals surface area contributed by atoms with Gasteiger partial charge in [0.25, 0.3) is 0 Å². The molecular weight excluding hydrogens is 328 g/mol. The van der Waals surface area contributed by atoms with Crippen molar-refractivity contribution in [2.45, 2.75) is 57.0 Å². The van der Waals surface area contributed by atoms with E-state index in [0.29, 0.717) is 12.8 Å². The Bertz CT molecular complexity index is 582. The minimum Gasteiger partial charge on any atom is -0.396 e. The molecule has 0 spiro atoms. The molecule has 0 unspecified atom stereocenters. The first kappa shape index (κ1) is 20.2. The maximum Gasteiger partial charge on any atom is 0.243 e. The molecule has 5 nitrogen and oxygen atoms in total. The van der Waals surface area contributed by atoms with Crippen molar-refractivity contribution in [1.82, 2.24) is 10.6 Å². The largest absolute Gasteiger partial charge is 0.396 e. The Morgan fingerprint density at radius 3 is 2.46 bits per heavy atom. The first-order valence-corrected chi connectivity index (χ1v) is 9.52. The number of nitrogens with one attached hydrogen (secondary N) is 2. The molecule has 1 aliphatic carbocycles. The van der Waals surface area contributed by atoms with Gasteiger partial charge in [-0.1, -0.05) is 55.7 Å². The summed E-state index contributed by atoms with van der Waals surface area (Å²) in [6.07, 6.45) is 7.75. The average Bonchev–Trinajstić information content (AvgIpc) is 2.67. The number of hydrogen-bond donors (Lipinski definition) is 3. The third-order valence-electron chi connectivity index (χ3n) is 4.93. The molecule has 5 heteroatoms. The van der Waals surface area contributed by atoms with Gasteiger partial charge in [-0.25, -0.2) is 0 Å². The van der Waals surface area contributed by atoms with Crippen molar-refractivity contribution in [1.29, 1.82) is 0 Å². The van der Waals surface area contributed by atoms with Gasteiger partial charge in [0.05, 0.1) is 5.92 Å². The molecule has 0 aliphatic heterocycles. The summed E-state index contributed by atoms with van der Waals surface area (Å²) in [5.41, 5.74) is 0.994. The molecule has 2 amide bonds. The molecule has 2 rings (SSSR count). The zero-order chi connectivity index (χ0) is 18.8. The van der Waals surface area contributed by atoms with Crippen LogP contribution in [0.15, 0.2) is 43.0 Å².